The Morgan fingerprint density at radius 3 is 2.88 bits per heavy atom. The highest BCUT2D eigenvalue weighted by atomic mass is 16.5. The predicted molar refractivity (Wildman–Crippen MR) is 155 cm³/mol. The molecule has 2 amide bonds. The van der Waals surface area contributed by atoms with Crippen molar-refractivity contribution in [1.82, 2.24) is 19.8 Å². The summed E-state index contributed by atoms with van der Waals surface area (Å²) in [4.78, 5) is 42.3. The summed E-state index contributed by atoms with van der Waals surface area (Å²) < 4.78 is 6.25. The summed E-state index contributed by atoms with van der Waals surface area (Å²) in [5.41, 5.74) is 2.98. The fourth-order valence-electron chi connectivity index (χ4n) is 7.06. The van der Waals surface area contributed by atoms with E-state index in [0.29, 0.717) is 56.2 Å². The van der Waals surface area contributed by atoms with E-state index < -0.39 is 5.41 Å². The summed E-state index contributed by atoms with van der Waals surface area (Å²) in [7, 11) is 2.11. The molecule has 4 aliphatic rings. The van der Waals surface area contributed by atoms with Crippen molar-refractivity contribution in [2.75, 3.05) is 50.1 Å². The van der Waals surface area contributed by atoms with Crippen LogP contribution in [0, 0.1) is 11.3 Å². The van der Waals surface area contributed by atoms with Crippen molar-refractivity contribution in [2.24, 2.45) is 0 Å². The number of anilines is 2. The van der Waals surface area contributed by atoms with Gasteiger partial charge in [0.15, 0.2) is 5.82 Å². The number of aromatic nitrogens is 2. The molecule has 10 heteroatoms. The second kappa shape index (κ2) is 11.1. The van der Waals surface area contributed by atoms with Crippen LogP contribution in [0.5, 0.6) is 6.01 Å². The molecule has 1 aromatic carbocycles. The van der Waals surface area contributed by atoms with Crippen LogP contribution in [0.4, 0.5) is 11.5 Å². The number of rotatable bonds is 6. The molecule has 3 atom stereocenters. The number of amides is 2. The zero-order valence-electron chi connectivity index (χ0n) is 23.6. The van der Waals surface area contributed by atoms with Crippen molar-refractivity contribution in [1.29, 1.82) is 5.26 Å². The molecule has 1 aliphatic carbocycles. The first-order valence-corrected chi connectivity index (χ1v) is 14.6. The second-order valence-electron chi connectivity index (χ2n) is 11.7. The SMILES string of the molecule is C=CC(=O)N1CCN(c2nc(OC[C@@H]3CCCN3C)nc3c2NC(=O)C2(CCCc4ccccc42)C3)C[C@@H]1CC#N. The molecule has 0 radical (unpaired) electrons. The molecule has 41 heavy (non-hydrogen) atoms. The molecule has 214 valence electrons. The van der Waals surface area contributed by atoms with E-state index in [9.17, 15) is 14.9 Å². The van der Waals surface area contributed by atoms with Crippen LogP contribution < -0.4 is 15.0 Å². The fourth-order valence-corrected chi connectivity index (χ4v) is 7.06. The number of nitrogens with zero attached hydrogens (tertiary/aromatic N) is 6. The number of ether oxygens (including phenoxy) is 1. The first kappa shape index (κ1) is 27.2. The van der Waals surface area contributed by atoms with Gasteiger partial charge in [-0.25, -0.2) is 0 Å². The number of benzene rings is 1. The van der Waals surface area contributed by atoms with Crippen LogP contribution in [-0.2, 0) is 27.8 Å². The zero-order chi connectivity index (χ0) is 28.6. The Morgan fingerprint density at radius 2 is 2.10 bits per heavy atom. The van der Waals surface area contributed by atoms with E-state index in [-0.39, 0.29) is 24.3 Å². The number of carbonyl (C=O) groups excluding carboxylic acids is 2. The minimum absolute atomic E-state index is 0.0303. The van der Waals surface area contributed by atoms with Crippen LogP contribution >= 0.6 is 0 Å². The van der Waals surface area contributed by atoms with Crippen LogP contribution in [0.15, 0.2) is 36.9 Å². The van der Waals surface area contributed by atoms with E-state index in [1.54, 1.807) is 4.90 Å². The number of nitriles is 1. The average Bonchev–Trinajstić information content (AvgIpc) is 3.40. The summed E-state index contributed by atoms with van der Waals surface area (Å²) in [5, 5.41) is 12.7. The molecule has 4 heterocycles. The zero-order valence-corrected chi connectivity index (χ0v) is 23.6. The Kier molecular flexibility index (Phi) is 7.39. The molecule has 2 saturated heterocycles. The van der Waals surface area contributed by atoms with Gasteiger partial charge in [-0.3, -0.25) is 9.59 Å². The minimum atomic E-state index is -0.686. The molecule has 6 rings (SSSR count). The summed E-state index contributed by atoms with van der Waals surface area (Å²) in [6.07, 6.45) is 6.81. The van der Waals surface area contributed by atoms with Crippen LogP contribution in [0.1, 0.15) is 48.9 Å². The first-order chi connectivity index (χ1) is 19.9. The predicted octanol–water partition coefficient (Wildman–Crippen LogP) is 2.84. The summed E-state index contributed by atoms with van der Waals surface area (Å²) in [5.74, 6) is 0.369. The Morgan fingerprint density at radius 1 is 1.24 bits per heavy atom. The molecule has 10 nitrogen and oxygen atoms in total. The Labute approximate surface area is 241 Å². The van der Waals surface area contributed by atoms with Crippen LogP contribution in [-0.4, -0.2) is 83.5 Å². The van der Waals surface area contributed by atoms with Crippen molar-refractivity contribution in [3.8, 4) is 12.1 Å². The van der Waals surface area contributed by atoms with Gasteiger partial charge in [-0.2, -0.15) is 15.2 Å². The first-order valence-electron chi connectivity index (χ1n) is 14.6. The maximum atomic E-state index is 14.0. The molecule has 2 aromatic rings. The number of likely N-dealkylation sites (tertiary alicyclic amines) is 1. The van der Waals surface area contributed by atoms with Crippen molar-refractivity contribution in [3.05, 3.63) is 53.7 Å². The van der Waals surface area contributed by atoms with Gasteiger partial charge < -0.3 is 24.8 Å². The second-order valence-corrected chi connectivity index (χ2v) is 11.7. The third-order valence-electron chi connectivity index (χ3n) is 9.31. The molecule has 1 N–H and O–H groups in total. The van der Waals surface area contributed by atoms with Gasteiger partial charge in [-0.1, -0.05) is 30.8 Å². The summed E-state index contributed by atoms with van der Waals surface area (Å²) in [6, 6.07) is 10.7. The summed E-state index contributed by atoms with van der Waals surface area (Å²) in [6.45, 7) is 6.50. The molecule has 3 aliphatic heterocycles. The van der Waals surface area contributed by atoms with Gasteiger partial charge in [0.05, 0.1) is 29.6 Å². The lowest BCUT2D eigenvalue weighted by Gasteiger charge is -2.44. The fraction of sp³-hybridized carbons (Fsp3) is 0.516. The molecule has 2 fully saturated rings. The van der Waals surface area contributed by atoms with Gasteiger partial charge in [-0.15, -0.1) is 0 Å². The highest BCUT2D eigenvalue weighted by Gasteiger charge is 2.48. The Balaban J connectivity index is 1.37. The third-order valence-corrected chi connectivity index (χ3v) is 9.31. The lowest BCUT2D eigenvalue weighted by molar-refractivity contribution is -0.128. The van der Waals surface area contributed by atoms with E-state index >= 15 is 0 Å². The molecule has 0 saturated carbocycles. The monoisotopic (exact) mass is 555 g/mol. The van der Waals surface area contributed by atoms with E-state index in [1.807, 2.05) is 12.1 Å². The van der Waals surface area contributed by atoms with Gasteiger partial charge in [0.25, 0.3) is 0 Å². The van der Waals surface area contributed by atoms with Crippen molar-refractivity contribution in [2.45, 2.75) is 62.4 Å². The third kappa shape index (κ3) is 4.93. The lowest BCUT2D eigenvalue weighted by atomic mass is 9.65. The van der Waals surface area contributed by atoms with Crippen LogP contribution in [0.3, 0.4) is 0 Å². The van der Waals surface area contributed by atoms with E-state index in [4.69, 9.17) is 14.7 Å². The topological polar surface area (TPSA) is 115 Å². The van der Waals surface area contributed by atoms with Gasteiger partial charge in [0.2, 0.25) is 11.8 Å². The maximum absolute atomic E-state index is 14.0. The molecular weight excluding hydrogens is 518 g/mol. The number of carbonyl (C=O) groups is 2. The van der Waals surface area contributed by atoms with E-state index in [0.717, 1.165) is 49.9 Å². The Bertz CT molecular complexity index is 1400. The van der Waals surface area contributed by atoms with E-state index in [1.165, 1.54) is 11.6 Å². The quantitative estimate of drug-likeness (QED) is 0.542. The van der Waals surface area contributed by atoms with E-state index in [2.05, 4.69) is 46.9 Å². The molecule has 1 unspecified atom stereocenters. The van der Waals surface area contributed by atoms with Crippen LogP contribution in [0.25, 0.3) is 0 Å². The lowest BCUT2D eigenvalue weighted by Crippen LogP contribution is -2.55. The van der Waals surface area contributed by atoms with Crippen molar-refractivity contribution >= 4 is 23.3 Å². The van der Waals surface area contributed by atoms with Gasteiger partial charge in [0, 0.05) is 32.1 Å². The molecule has 1 aromatic heterocycles. The number of likely N-dealkylation sites (N-methyl/N-ethyl adjacent to an activating group) is 1. The highest BCUT2D eigenvalue weighted by molar-refractivity contribution is 6.04. The molecular formula is C31H37N7O3. The standard InChI is InChI=1S/C31H37N7O3/c1-3-26(39)38-17-16-37(19-22(38)12-14-32)28-27-25(33-30(35-28)41-20-23-10-7-15-36(23)2)18-31(29(40)34-27)13-6-9-21-8-4-5-11-24(21)31/h3-5,8,11,22-23H,1,6-7,9-10,12-13,15-20H2,2H3,(H,34,40)/t22-,23-,31?/m0/s1. The maximum Gasteiger partial charge on any atom is 0.318 e. The van der Waals surface area contributed by atoms with Crippen molar-refractivity contribution in [3.63, 3.8) is 0 Å². The largest absolute Gasteiger partial charge is 0.462 e. The minimum Gasteiger partial charge on any atom is -0.462 e. The number of fused-ring (bicyclic) bond motifs is 3. The number of nitrogens with one attached hydrogen (secondary N) is 1. The van der Waals surface area contributed by atoms with Crippen molar-refractivity contribution < 1.29 is 14.3 Å². The van der Waals surface area contributed by atoms with Crippen LogP contribution in [0.2, 0.25) is 0 Å². The highest BCUT2D eigenvalue weighted by Crippen LogP contribution is 2.46. The molecule has 1 spiro atoms. The number of hydrogen-bond donors (Lipinski definition) is 1. The number of hydrogen-bond acceptors (Lipinski definition) is 8. The number of aryl methyl sites for hydroxylation is 1. The van der Waals surface area contributed by atoms with Gasteiger partial charge in [0.1, 0.15) is 12.3 Å². The average molecular weight is 556 g/mol. The Hall–Kier alpha value is -3.97. The summed E-state index contributed by atoms with van der Waals surface area (Å²) >= 11 is 0. The van der Waals surface area contributed by atoms with Gasteiger partial charge >= 0.3 is 6.01 Å². The van der Waals surface area contributed by atoms with Gasteiger partial charge in [-0.05, 0) is 62.9 Å². The smallest absolute Gasteiger partial charge is 0.318 e. The number of piperazine rings is 1. The molecule has 0 bridgehead atoms. The normalized spacial score (nSPS) is 25.7.